The molecular formula is C13H18O. The Morgan fingerprint density at radius 3 is 2.57 bits per heavy atom. The molecule has 2 rings (SSSR count). The smallest absolute Gasteiger partial charge is 0.0667 e. The van der Waals surface area contributed by atoms with Crippen LogP contribution >= 0.6 is 0 Å². The molecular weight excluding hydrogens is 172 g/mol. The minimum atomic E-state index is 0.414. The average Bonchev–Trinajstić information content (AvgIpc) is 2.67. The van der Waals surface area contributed by atoms with Crippen molar-refractivity contribution in [3.05, 3.63) is 35.9 Å². The zero-order chi connectivity index (χ0) is 9.97. The maximum absolute atomic E-state index is 5.78. The summed E-state index contributed by atoms with van der Waals surface area (Å²) in [6.07, 6.45) is 1.59. The maximum atomic E-state index is 5.78. The Labute approximate surface area is 86.1 Å². The monoisotopic (exact) mass is 190 g/mol. The summed E-state index contributed by atoms with van der Waals surface area (Å²) < 4.78 is 5.78. The molecule has 0 aromatic heterocycles. The zero-order valence-corrected chi connectivity index (χ0v) is 8.94. The van der Waals surface area contributed by atoms with Gasteiger partial charge in [-0.1, -0.05) is 44.2 Å². The predicted molar refractivity (Wildman–Crippen MR) is 58.4 cm³/mol. The molecule has 0 spiro atoms. The van der Waals surface area contributed by atoms with E-state index >= 15 is 0 Å². The van der Waals surface area contributed by atoms with Crippen molar-refractivity contribution < 1.29 is 4.74 Å². The van der Waals surface area contributed by atoms with Crippen molar-refractivity contribution in [2.75, 3.05) is 6.61 Å². The summed E-state index contributed by atoms with van der Waals surface area (Å²) in [5, 5.41) is 0. The number of hydrogen-bond donors (Lipinski definition) is 0. The van der Waals surface area contributed by atoms with Gasteiger partial charge in [-0.25, -0.2) is 0 Å². The lowest BCUT2D eigenvalue weighted by Crippen LogP contribution is -2.20. The van der Waals surface area contributed by atoms with E-state index in [1.165, 1.54) is 12.0 Å². The molecule has 1 aromatic rings. The molecule has 1 saturated heterocycles. The van der Waals surface area contributed by atoms with Gasteiger partial charge in [-0.05, 0) is 17.9 Å². The summed E-state index contributed by atoms with van der Waals surface area (Å²) in [6.45, 7) is 5.40. The third-order valence-electron chi connectivity index (χ3n) is 3.02. The van der Waals surface area contributed by atoms with E-state index < -0.39 is 0 Å². The zero-order valence-electron chi connectivity index (χ0n) is 8.94. The highest BCUT2D eigenvalue weighted by Gasteiger charge is 2.31. The molecule has 2 unspecified atom stereocenters. The van der Waals surface area contributed by atoms with Gasteiger partial charge in [-0.15, -0.1) is 0 Å². The summed E-state index contributed by atoms with van der Waals surface area (Å²) in [5.41, 5.74) is 1.43. The quantitative estimate of drug-likeness (QED) is 0.695. The van der Waals surface area contributed by atoms with Crippen LogP contribution in [-0.4, -0.2) is 12.7 Å². The second kappa shape index (κ2) is 4.14. The van der Waals surface area contributed by atoms with Gasteiger partial charge in [-0.2, -0.15) is 0 Å². The fourth-order valence-electron chi connectivity index (χ4n) is 2.33. The molecule has 14 heavy (non-hydrogen) atoms. The van der Waals surface area contributed by atoms with E-state index in [4.69, 9.17) is 4.74 Å². The third-order valence-corrected chi connectivity index (χ3v) is 3.02. The largest absolute Gasteiger partial charge is 0.377 e. The van der Waals surface area contributed by atoms with E-state index in [9.17, 15) is 0 Å². The summed E-state index contributed by atoms with van der Waals surface area (Å²) in [7, 11) is 0. The van der Waals surface area contributed by atoms with Gasteiger partial charge in [0.15, 0.2) is 0 Å². The molecule has 1 aromatic carbocycles. The summed E-state index contributed by atoms with van der Waals surface area (Å²) in [4.78, 5) is 0. The van der Waals surface area contributed by atoms with E-state index in [0.29, 0.717) is 17.9 Å². The Morgan fingerprint density at radius 2 is 1.93 bits per heavy atom. The molecule has 1 nitrogen and oxygen atoms in total. The standard InChI is InChI=1S/C13H18O/c1-10(2)13-12(8-9-14-13)11-6-4-3-5-7-11/h3-7,10,12-13H,8-9H2,1-2H3. The topological polar surface area (TPSA) is 9.23 Å². The lowest BCUT2D eigenvalue weighted by atomic mass is 9.87. The van der Waals surface area contributed by atoms with Crippen molar-refractivity contribution >= 4 is 0 Å². The second-order valence-corrected chi connectivity index (χ2v) is 4.39. The third kappa shape index (κ3) is 1.83. The number of rotatable bonds is 2. The van der Waals surface area contributed by atoms with Crippen LogP contribution in [0.1, 0.15) is 31.7 Å². The van der Waals surface area contributed by atoms with E-state index in [1.54, 1.807) is 0 Å². The Kier molecular flexibility index (Phi) is 2.87. The Bertz CT molecular complexity index is 279. The van der Waals surface area contributed by atoms with Gasteiger partial charge >= 0.3 is 0 Å². The van der Waals surface area contributed by atoms with Crippen LogP contribution in [0.25, 0.3) is 0 Å². The molecule has 0 saturated carbocycles. The maximum Gasteiger partial charge on any atom is 0.0667 e. The first kappa shape index (κ1) is 9.72. The van der Waals surface area contributed by atoms with Crippen LogP contribution in [0.5, 0.6) is 0 Å². The minimum absolute atomic E-state index is 0.414. The molecule has 0 bridgehead atoms. The molecule has 1 aliphatic rings. The molecule has 2 atom stereocenters. The van der Waals surface area contributed by atoms with E-state index in [2.05, 4.69) is 44.2 Å². The first-order valence-electron chi connectivity index (χ1n) is 5.45. The Morgan fingerprint density at radius 1 is 1.21 bits per heavy atom. The molecule has 1 heteroatoms. The van der Waals surface area contributed by atoms with Crippen molar-refractivity contribution in [3.63, 3.8) is 0 Å². The molecule has 1 heterocycles. The van der Waals surface area contributed by atoms with Gasteiger partial charge in [-0.3, -0.25) is 0 Å². The second-order valence-electron chi connectivity index (χ2n) is 4.39. The lowest BCUT2D eigenvalue weighted by molar-refractivity contribution is 0.0677. The molecule has 0 aliphatic carbocycles. The molecule has 1 fully saturated rings. The van der Waals surface area contributed by atoms with Crippen molar-refractivity contribution in [3.8, 4) is 0 Å². The molecule has 76 valence electrons. The van der Waals surface area contributed by atoms with E-state index in [-0.39, 0.29) is 0 Å². The molecule has 0 radical (unpaired) electrons. The van der Waals surface area contributed by atoms with Crippen molar-refractivity contribution in [2.24, 2.45) is 5.92 Å². The Hall–Kier alpha value is -0.820. The number of ether oxygens (including phenoxy) is 1. The summed E-state index contributed by atoms with van der Waals surface area (Å²) in [6, 6.07) is 10.7. The highest BCUT2D eigenvalue weighted by molar-refractivity contribution is 5.21. The summed E-state index contributed by atoms with van der Waals surface area (Å²) in [5.74, 6) is 1.22. The first-order chi connectivity index (χ1) is 6.79. The predicted octanol–water partition coefficient (Wildman–Crippen LogP) is 3.22. The van der Waals surface area contributed by atoms with Gasteiger partial charge in [0.1, 0.15) is 0 Å². The van der Waals surface area contributed by atoms with Gasteiger partial charge in [0.05, 0.1) is 6.10 Å². The number of hydrogen-bond acceptors (Lipinski definition) is 1. The van der Waals surface area contributed by atoms with E-state index in [1.807, 2.05) is 0 Å². The first-order valence-corrected chi connectivity index (χ1v) is 5.45. The molecule has 1 aliphatic heterocycles. The van der Waals surface area contributed by atoms with Crippen molar-refractivity contribution in [1.82, 2.24) is 0 Å². The fourth-order valence-corrected chi connectivity index (χ4v) is 2.33. The van der Waals surface area contributed by atoms with Crippen molar-refractivity contribution in [2.45, 2.75) is 32.3 Å². The van der Waals surface area contributed by atoms with Crippen molar-refractivity contribution in [1.29, 1.82) is 0 Å². The Balaban J connectivity index is 2.18. The van der Waals surface area contributed by atoms with Crippen LogP contribution in [-0.2, 0) is 4.74 Å². The van der Waals surface area contributed by atoms with E-state index in [0.717, 1.165) is 6.61 Å². The normalized spacial score (nSPS) is 27.1. The fraction of sp³-hybridized carbons (Fsp3) is 0.538. The van der Waals surface area contributed by atoms with Crippen LogP contribution in [0.15, 0.2) is 30.3 Å². The highest BCUT2D eigenvalue weighted by Crippen LogP contribution is 2.34. The van der Waals surface area contributed by atoms with Crippen LogP contribution in [0.2, 0.25) is 0 Å². The molecule has 0 amide bonds. The lowest BCUT2D eigenvalue weighted by Gasteiger charge is -2.22. The van der Waals surface area contributed by atoms with Crippen LogP contribution in [0.3, 0.4) is 0 Å². The minimum Gasteiger partial charge on any atom is -0.377 e. The van der Waals surface area contributed by atoms with Crippen LogP contribution in [0.4, 0.5) is 0 Å². The van der Waals surface area contributed by atoms with Gasteiger partial charge in [0, 0.05) is 12.5 Å². The average molecular weight is 190 g/mol. The van der Waals surface area contributed by atoms with Gasteiger partial charge < -0.3 is 4.74 Å². The molecule has 0 N–H and O–H groups in total. The highest BCUT2D eigenvalue weighted by atomic mass is 16.5. The number of benzene rings is 1. The SMILES string of the molecule is CC(C)C1OCCC1c1ccccc1. The van der Waals surface area contributed by atoms with Crippen LogP contribution < -0.4 is 0 Å². The van der Waals surface area contributed by atoms with Crippen LogP contribution in [0, 0.1) is 5.92 Å². The van der Waals surface area contributed by atoms with Gasteiger partial charge in [0.2, 0.25) is 0 Å². The summed E-state index contributed by atoms with van der Waals surface area (Å²) >= 11 is 0. The van der Waals surface area contributed by atoms with Gasteiger partial charge in [0.25, 0.3) is 0 Å².